The van der Waals surface area contributed by atoms with Crippen molar-refractivity contribution in [2.45, 2.75) is 70.3 Å². The fraction of sp³-hybridized carbons (Fsp3) is 1.00. The monoisotopic (exact) mass is 285 g/mol. The molecule has 0 N–H and O–H groups in total. The number of rotatable bonds is 7. The Morgan fingerprint density at radius 3 is 2.37 bits per heavy atom. The number of thioether (sulfide) groups is 1. The van der Waals surface area contributed by atoms with Gasteiger partial charge in [0.25, 0.3) is 0 Å². The van der Waals surface area contributed by atoms with E-state index in [0.29, 0.717) is 12.1 Å². The second-order valence-electron chi connectivity index (χ2n) is 6.52. The minimum absolute atomic E-state index is 0.531. The molecule has 0 amide bonds. The molecule has 2 aliphatic rings. The van der Waals surface area contributed by atoms with E-state index >= 15 is 0 Å². The van der Waals surface area contributed by atoms with Crippen molar-refractivity contribution in [2.75, 3.05) is 25.4 Å². The first-order valence-corrected chi connectivity index (χ1v) is 9.19. The first kappa shape index (κ1) is 15.7. The molecule has 3 heteroatoms. The van der Waals surface area contributed by atoms with E-state index in [2.05, 4.69) is 37.4 Å². The molecule has 112 valence electrons. The Hall–Kier alpha value is 0.270. The molecule has 2 saturated heterocycles. The van der Waals surface area contributed by atoms with Crippen molar-refractivity contribution in [3.05, 3.63) is 0 Å². The predicted octanol–water partition coefficient (Wildman–Crippen LogP) is 3.80. The minimum Gasteiger partial charge on any atom is -0.378 e. The van der Waals surface area contributed by atoms with Crippen LogP contribution in [0.4, 0.5) is 0 Å². The SMILES string of the molecule is CC(CCCOC1CCN(C(C)C)CC1)C1CCS1. The van der Waals surface area contributed by atoms with Gasteiger partial charge in [0.1, 0.15) is 0 Å². The second kappa shape index (κ2) is 7.90. The molecule has 0 spiro atoms. The van der Waals surface area contributed by atoms with Crippen LogP contribution in [-0.4, -0.2) is 47.7 Å². The zero-order valence-electron chi connectivity index (χ0n) is 12.9. The van der Waals surface area contributed by atoms with Gasteiger partial charge in [0, 0.05) is 31.0 Å². The predicted molar refractivity (Wildman–Crippen MR) is 84.9 cm³/mol. The van der Waals surface area contributed by atoms with Gasteiger partial charge in [-0.3, -0.25) is 0 Å². The van der Waals surface area contributed by atoms with Crippen LogP contribution in [-0.2, 0) is 4.74 Å². The molecule has 0 aromatic heterocycles. The van der Waals surface area contributed by atoms with E-state index in [-0.39, 0.29) is 0 Å². The van der Waals surface area contributed by atoms with Crippen molar-refractivity contribution in [2.24, 2.45) is 5.92 Å². The molecule has 2 fully saturated rings. The van der Waals surface area contributed by atoms with Crippen molar-refractivity contribution >= 4 is 11.8 Å². The molecule has 0 aromatic rings. The normalized spacial score (nSPS) is 27.5. The highest BCUT2D eigenvalue weighted by Crippen LogP contribution is 2.35. The molecule has 19 heavy (non-hydrogen) atoms. The summed E-state index contributed by atoms with van der Waals surface area (Å²) in [7, 11) is 0. The summed E-state index contributed by atoms with van der Waals surface area (Å²) in [5.74, 6) is 2.28. The van der Waals surface area contributed by atoms with E-state index in [4.69, 9.17) is 4.74 Å². The molecule has 2 nitrogen and oxygen atoms in total. The smallest absolute Gasteiger partial charge is 0.0599 e. The van der Waals surface area contributed by atoms with Crippen molar-refractivity contribution in [3.8, 4) is 0 Å². The van der Waals surface area contributed by atoms with E-state index < -0.39 is 0 Å². The molecule has 2 unspecified atom stereocenters. The molecule has 0 bridgehead atoms. The first-order chi connectivity index (χ1) is 9.16. The van der Waals surface area contributed by atoms with Crippen molar-refractivity contribution in [3.63, 3.8) is 0 Å². The van der Waals surface area contributed by atoms with Crippen LogP contribution in [0.2, 0.25) is 0 Å². The van der Waals surface area contributed by atoms with Crippen molar-refractivity contribution < 1.29 is 4.74 Å². The van der Waals surface area contributed by atoms with Gasteiger partial charge >= 0.3 is 0 Å². The topological polar surface area (TPSA) is 12.5 Å². The summed E-state index contributed by atoms with van der Waals surface area (Å²) in [6.45, 7) is 10.4. The third-order valence-electron chi connectivity index (χ3n) is 4.73. The maximum atomic E-state index is 6.06. The van der Waals surface area contributed by atoms with Gasteiger partial charge in [0.15, 0.2) is 0 Å². The Morgan fingerprint density at radius 2 is 1.84 bits per heavy atom. The third kappa shape index (κ3) is 4.95. The van der Waals surface area contributed by atoms with Gasteiger partial charge in [-0.1, -0.05) is 6.92 Å². The summed E-state index contributed by atoms with van der Waals surface area (Å²) in [6.07, 6.45) is 7.03. The van der Waals surface area contributed by atoms with Crippen LogP contribution < -0.4 is 0 Å². The highest BCUT2D eigenvalue weighted by molar-refractivity contribution is 8.01. The molecule has 2 atom stereocenters. The Balaban J connectivity index is 1.49. The molecule has 0 saturated carbocycles. The first-order valence-electron chi connectivity index (χ1n) is 8.14. The number of nitrogens with zero attached hydrogens (tertiary/aromatic N) is 1. The van der Waals surface area contributed by atoms with Crippen molar-refractivity contribution in [1.82, 2.24) is 4.90 Å². The summed E-state index contributed by atoms with van der Waals surface area (Å²) in [4.78, 5) is 2.57. The summed E-state index contributed by atoms with van der Waals surface area (Å²) in [5.41, 5.74) is 0. The Bertz CT molecular complexity index is 247. The minimum atomic E-state index is 0.531. The van der Waals surface area contributed by atoms with E-state index in [0.717, 1.165) is 17.8 Å². The lowest BCUT2D eigenvalue weighted by Crippen LogP contribution is -2.41. The third-order valence-corrected chi connectivity index (χ3v) is 6.33. The molecule has 2 heterocycles. The largest absolute Gasteiger partial charge is 0.378 e. The lowest BCUT2D eigenvalue weighted by atomic mass is 9.99. The molecule has 0 aliphatic carbocycles. The van der Waals surface area contributed by atoms with Gasteiger partial charge in [0.05, 0.1) is 6.10 Å². The molecule has 0 radical (unpaired) electrons. The molecule has 2 aliphatic heterocycles. The maximum absolute atomic E-state index is 6.06. The summed E-state index contributed by atoms with van der Waals surface area (Å²) in [5, 5.41) is 0.953. The van der Waals surface area contributed by atoms with E-state index in [1.165, 1.54) is 50.9 Å². The fourth-order valence-electron chi connectivity index (χ4n) is 3.10. The highest BCUT2D eigenvalue weighted by Gasteiger charge is 2.24. The number of hydrogen-bond donors (Lipinski definition) is 0. The molecule has 0 aromatic carbocycles. The summed E-state index contributed by atoms with van der Waals surface area (Å²) >= 11 is 2.16. The Labute approximate surface area is 123 Å². The summed E-state index contributed by atoms with van der Waals surface area (Å²) in [6, 6.07) is 0.696. The van der Waals surface area contributed by atoms with Crippen molar-refractivity contribution in [1.29, 1.82) is 0 Å². The molecular formula is C16H31NOS. The molecular weight excluding hydrogens is 254 g/mol. The van der Waals surface area contributed by atoms with Gasteiger partial charge in [-0.05, 0) is 57.6 Å². The Morgan fingerprint density at radius 1 is 1.16 bits per heavy atom. The van der Waals surface area contributed by atoms with Crippen LogP contribution in [0.5, 0.6) is 0 Å². The molecule has 2 rings (SSSR count). The number of ether oxygens (including phenoxy) is 1. The standard InChI is InChI=1S/C16H31NOS/c1-13(2)17-9-6-15(7-10-17)18-11-4-5-14(3)16-8-12-19-16/h13-16H,4-12H2,1-3H3. The second-order valence-corrected chi connectivity index (χ2v) is 7.86. The summed E-state index contributed by atoms with van der Waals surface area (Å²) < 4.78 is 6.06. The van der Waals surface area contributed by atoms with Crippen LogP contribution in [0.15, 0.2) is 0 Å². The van der Waals surface area contributed by atoms with Crippen LogP contribution in [0.1, 0.15) is 52.9 Å². The van der Waals surface area contributed by atoms with Gasteiger partial charge in [-0.2, -0.15) is 11.8 Å². The fourth-order valence-corrected chi connectivity index (χ4v) is 4.08. The van der Waals surface area contributed by atoms with Crippen LogP contribution in [0.3, 0.4) is 0 Å². The lowest BCUT2D eigenvalue weighted by molar-refractivity contribution is -0.000947. The average molecular weight is 285 g/mol. The van der Waals surface area contributed by atoms with Crippen LogP contribution in [0.25, 0.3) is 0 Å². The lowest BCUT2D eigenvalue weighted by Gasteiger charge is -2.34. The quantitative estimate of drug-likeness (QED) is 0.660. The van der Waals surface area contributed by atoms with Gasteiger partial charge in [0.2, 0.25) is 0 Å². The van der Waals surface area contributed by atoms with Gasteiger partial charge in [-0.25, -0.2) is 0 Å². The van der Waals surface area contributed by atoms with E-state index in [1.54, 1.807) is 0 Å². The zero-order valence-corrected chi connectivity index (χ0v) is 13.8. The van der Waals surface area contributed by atoms with Crippen LogP contribution >= 0.6 is 11.8 Å². The number of piperidine rings is 1. The highest BCUT2D eigenvalue weighted by atomic mass is 32.2. The van der Waals surface area contributed by atoms with Gasteiger partial charge in [-0.15, -0.1) is 0 Å². The van der Waals surface area contributed by atoms with Crippen LogP contribution in [0, 0.1) is 5.92 Å². The number of hydrogen-bond acceptors (Lipinski definition) is 3. The van der Waals surface area contributed by atoms with Gasteiger partial charge < -0.3 is 9.64 Å². The average Bonchev–Trinajstić information content (AvgIpc) is 2.33. The maximum Gasteiger partial charge on any atom is 0.0599 e. The number of likely N-dealkylation sites (tertiary alicyclic amines) is 1. The zero-order chi connectivity index (χ0) is 13.7. The Kier molecular flexibility index (Phi) is 6.51. The van der Waals surface area contributed by atoms with E-state index in [1.807, 2.05) is 0 Å². The van der Waals surface area contributed by atoms with E-state index in [9.17, 15) is 0 Å².